The molecular weight excluding hydrogens is 288 g/mol. The molecule has 23 heavy (non-hydrogen) atoms. The lowest BCUT2D eigenvalue weighted by molar-refractivity contribution is 0.567. The molecule has 2 aromatic carbocycles. The zero-order valence-corrected chi connectivity index (χ0v) is 12.6. The summed E-state index contributed by atoms with van der Waals surface area (Å²) in [6.45, 7) is 1.83. The van der Waals surface area contributed by atoms with E-state index in [-0.39, 0.29) is 5.43 Å². The van der Waals surface area contributed by atoms with E-state index in [0.29, 0.717) is 22.3 Å². The molecule has 4 rings (SSSR count). The maximum absolute atomic E-state index is 13.2. The molecule has 0 bridgehead atoms. The number of aryl methyl sites for hydroxylation is 1. The Morgan fingerprint density at radius 1 is 1.04 bits per heavy atom. The van der Waals surface area contributed by atoms with Crippen molar-refractivity contribution < 1.29 is 4.42 Å². The molecule has 4 aromatic rings. The van der Waals surface area contributed by atoms with E-state index in [2.05, 4.69) is 4.98 Å². The Morgan fingerprint density at radius 2 is 1.87 bits per heavy atom. The van der Waals surface area contributed by atoms with Crippen LogP contribution in [-0.2, 0) is 0 Å². The van der Waals surface area contributed by atoms with E-state index in [1.165, 1.54) is 0 Å². The summed E-state index contributed by atoms with van der Waals surface area (Å²) in [6.07, 6.45) is 5.18. The Morgan fingerprint density at radius 3 is 2.61 bits per heavy atom. The molecule has 0 saturated heterocycles. The number of hydrogen-bond acceptors (Lipinski definition) is 3. The summed E-state index contributed by atoms with van der Waals surface area (Å²) in [5, 5.41) is 0.565. The first-order chi connectivity index (χ1) is 11.3. The Bertz CT molecular complexity index is 1030. The molecule has 0 fully saturated rings. The summed E-state index contributed by atoms with van der Waals surface area (Å²) in [5.41, 5.74) is 2.79. The fraction of sp³-hybridized carbons (Fsp3) is 0.0526. The number of nitrogens with zero attached hydrogens (tertiary/aromatic N) is 2. The predicted molar refractivity (Wildman–Crippen MR) is 89.8 cm³/mol. The van der Waals surface area contributed by atoms with E-state index in [0.717, 1.165) is 11.3 Å². The van der Waals surface area contributed by atoms with E-state index < -0.39 is 0 Å². The fourth-order valence-electron chi connectivity index (χ4n) is 2.89. The van der Waals surface area contributed by atoms with Gasteiger partial charge in [0.05, 0.1) is 23.0 Å². The number of benzene rings is 2. The van der Waals surface area contributed by atoms with Crippen molar-refractivity contribution in [1.29, 1.82) is 0 Å². The summed E-state index contributed by atoms with van der Waals surface area (Å²) in [4.78, 5) is 17.2. The second-order valence-corrected chi connectivity index (χ2v) is 5.35. The maximum atomic E-state index is 13.2. The van der Waals surface area contributed by atoms with Crippen LogP contribution in [0.4, 0.5) is 0 Å². The SMILES string of the molecule is Cc1oc2cccc(-n3ccnc3)c2c(=O)c1-c1ccccc1. The van der Waals surface area contributed by atoms with Crippen molar-refractivity contribution in [2.24, 2.45) is 0 Å². The third kappa shape index (κ3) is 2.16. The van der Waals surface area contributed by atoms with Crippen molar-refractivity contribution in [2.45, 2.75) is 6.92 Å². The molecule has 0 N–H and O–H groups in total. The van der Waals surface area contributed by atoms with Crippen molar-refractivity contribution in [1.82, 2.24) is 9.55 Å². The summed E-state index contributed by atoms with van der Waals surface area (Å²) in [6, 6.07) is 15.2. The molecule has 2 heterocycles. The Kier molecular flexibility index (Phi) is 3.08. The first-order valence-electron chi connectivity index (χ1n) is 7.36. The van der Waals surface area contributed by atoms with E-state index >= 15 is 0 Å². The van der Waals surface area contributed by atoms with Gasteiger partial charge in [-0.1, -0.05) is 36.4 Å². The van der Waals surface area contributed by atoms with Gasteiger partial charge in [0.2, 0.25) is 5.43 Å². The first kappa shape index (κ1) is 13.5. The van der Waals surface area contributed by atoms with Gasteiger partial charge in [0.25, 0.3) is 0 Å². The number of hydrogen-bond donors (Lipinski definition) is 0. The molecule has 0 saturated carbocycles. The molecule has 2 aromatic heterocycles. The van der Waals surface area contributed by atoms with Crippen LogP contribution in [0.15, 0.2) is 76.5 Å². The van der Waals surface area contributed by atoms with E-state index in [1.807, 2.05) is 66.2 Å². The van der Waals surface area contributed by atoms with Crippen molar-refractivity contribution in [3.63, 3.8) is 0 Å². The molecule has 112 valence electrons. The van der Waals surface area contributed by atoms with Crippen LogP contribution in [-0.4, -0.2) is 9.55 Å². The summed E-state index contributed by atoms with van der Waals surface area (Å²) >= 11 is 0. The molecule has 0 aliphatic carbocycles. The van der Waals surface area contributed by atoms with Gasteiger partial charge in [0.15, 0.2) is 0 Å². The zero-order chi connectivity index (χ0) is 15.8. The van der Waals surface area contributed by atoms with Gasteiger partial charge >= 0.3 is 0 Å². The van der Waals surface area contributed by atoms with E-state index in [9.17, 15) is 4.79 Å². The highest BCUT2D eigenvalue weighted by molar-refractivity contribution is 5.89. The van der Waals surface area contributed by atoms with Gasteiger partial charge in [-0.3, -0.25) is 4.79 Å². The second-order valence-electron chi connectivity index (χ2n) is 5.35. The molecule has 0 aliphatic rings. The normalized spacial score (nSPS) is 11.0. The van der Waals surface area contributed by atoms with Gasteiger partial charge in [-0.2, -0.15) is 0 Å². The van der Waals surface area contributed by atoms with Crippen LogP contribution in [0, 0.1) is 6.92 Å². The highest BCUT2D eigenvalue weighted by atomic mass is 16.3. The fourth-order valence-corrected chi connectivity index (χ4v) is 2.89. The van der Waals surface area contributed by atoms with E-state index in [4.69, 9.17) is 4.42 Å². The predicted octanol–water partition coefficient (Wildman–Crippen LogP) is 3.95. The average molecular weight is 302 g/mol. The summed E-state index contributed by atoms with van der Waals surface area (Å²) in [7, 11) is 0. The Hall–Kier alpha value is -3.14. The lowest BCUT2D eigenvalue weighted by atomic mass is 10.0. The number of imidazole rings is 1. The van der Waals surface area contributed by atoms with Crippen molar-refractivity contribution in [3.05, 3.63) is 83.2 Å². The van der Waals surface area contributed by atoms with Crippen LogP contribution in [0.2, 0.25) is 0 Å². The maximum Gasteiger partial charge on any atom is 0.202 e. The molecule has 4 nitrogen and oxygen atoms in total. The summed E-state index contributed by atoms with van der Waals surface area (Å²) < 4.78 is 7.76. The summed E-state index contributed by atoms with van der Waals surface area (Å²) in [5.74, 6) is 0.622. The average Bonchev–Trinajstić information content (AvgIpc) is 3.09. The third-order valence-corrected chi connectivity index (χ3v) is 3.92. The van der Waals surface area contributed by atoms with Crippen molar-refractivity contribution >= 4 is 11.0 Å². The van der Waals surface area contributed by atoms with Crippen LogP contribution in [0.3, 0.4) is 0 Å². The van der Waals surface area contributed by atoms with Gasteiger partial charge in [-0.25, -0.2) is 4.98 Å². The lowest BCUT2D eigenvalue weighted by Gasteiger charge is -2.10. The largest absolute Gasteiger partial charge is 0.460 e. The minimum Gasteiger partial charge on any atom is -0.460 e. The van der Waals surface area contributed by atoms with Crippen molar-refractivity contribution in [3.8, 4) is 16.8 Å². The minimum atomic E-state index is -0.0285. The van der Waals surface area contributed by atoms with Gasteiger partial charge in [-0.15, -0.1) is 0 Å². The minimum absolute atomic E-state index is 0.0285. The molecule has 0 amide bonds. The van der Waals surface area contributed by atoms with Gasteiger partial charge in [0, 0.05) is 12.4 Å². The molecule has 0 radical (unpaired) electrons. The molecular formula is C19H14N2O2. The Balaban J connectivity index is 2.12. The molecule has 0 atom stereocenters. The highest BCUT2D eigenvalue weighted by Crippen LogP contribution is 2.26. The number of rotatable bonds is 2. The van der Waals surface area contributed by atoms with Gasteiger partial charge in [0.1, 0.15) is 11.3 Å². The lowest BCUT2D eigenvalue weighted by Crippen LogP contribution is -2.10. The topological polar surface area (TPSA) is 48.0 Å². The van der Waals surface area contributed by atoms with Crippen LogP contribution in [0.25, 0.3) is 27.8 Å². The number of fused-ring (bicyclic) bond motifs is 1. The quantitative estimate of drug-likeness (QED) is 0.563. The molecule has 0 unspecified atom stereocenters. The van der Waals surface area contributed by atoms with Gasteiger partial charge < -0.3 is 8.98 Å². The van der Waals surface area contributed by atoms with Crippen LogP contribution < -0.4 is 5.43 Å². The smallest absolute Gasteiger partial charge is 0.202 e. The highest BCUT2D eigenvalue weighted by Gasteiger charge is 2.16. The van der Waals surface area contributed by atoms with Crippen LogP contribution in [0.5, 0.6) is 0 Å². The van der Waals surface area contributed by atoms with Gasteiger partial charge in [-0.05, 0) is 24.6 Å². The van der Waals surface area contributed by atoms with Crippen LogP contribution in [0.1, 0.15) is 5.76 Å². The molecule has 0 aliphatic heterocycles. The van der Waals surface area contributed by atoms with Crippen molar-refractivity contribution in [2.75, 3.05) is 0 Å². The molecule has 0 spiro atoms. The first-order valence-corrected chi connectivity index (χ1v) is 7.36. The van der Waals surface area contributed by atoms with E-state index in [1.54, 1.807) is 12.5 Å². The molecule has 4 heteroatoms. The standard InChI is InChI=1S/C19H14N2O2/c1-13-17(14-6-3-2-4-7-14)19(22)18-15(21-11-10-20-12-21)8-5-9-16(18)23-13/h2-12H,1H3. The zero-order valence-electron chi connectivity index (χ0n) is 12.6. The number of aromatic nitrogens is 2. The second kappa shape index (κ2) is 5.25. The Labute approximate surface area is 132 Å². The third-order valence-electron chi connectivity index (χ3n) is 3.92. The van der Waals surface area contributed by atoms with Crippen LogP contribution >= 0.6 is 0 Å². The monoisotopic (exact) mass is 302 g/mol.